The highest BCUT2D eigenvalue weighted by Gasteiger charge is 2.29. The van der Waals surface area contributed by atoms with Gasteiger partial charge in [-0.25, -0.2) is 0 Å². The Balaban J connectivity index is 2.17. The van der Waals surface area contributed by atoms with Crippen molar-refractivity contribution >= 4 is 0 Å². The number of hydrogen-bond donors (Lipinski definition) is 1. The summed E-state index contributed by atoms with van der Waals surface area (Å²) in [5.74, 6) is 0.695. The van der Waals surface area contributed by atoms with Crippen LogP contribution in [0.3, 0.4) is 0 Å². The number of hydrogen-bond acceptors (Lipinski definition) is 2. The Kier molecular flexibility index (Phi) is 3.85. The van der Waals surface area contributed by atoms with E-state index in [1.165, 1.54) is 11.1 Å². The smallest absolute Gasteiger partial charge is 0.0473 e. The Bertz CT molecular complexity index is 356. The monoisotopic (exact) mass is 232 g/mol. The highest BCUT2D eigenvalue weighted by molar-refractivity contribution is 5.25. The Morgan fingerprint density at radius 3 is 2.41 bits per heavy atom. The molecule has 1 N–H and O–H groups in total. The van der Waals surface area contributed by atoms with Crippen LogP contribution in [0.4, 0.5) is 0 Å². The summed E-state index contributed by atoms with van der Waals surface area (Å²) >= 11 is 0. The van der Waals surface area contributed by atoms with Crippen LogP contribution in [-0.4, -0.2) is 31.1 Å². The summed E-state index contributed by atoms with van der Waals surface area (Å²) < 4.78 is 0. The van der Waals surface area contributed by atoms with Crippen LogP contribution in [0.5, 0.6) is 0 Å². The van der Waals surface area contributed by atoms with E-state index in [0.717, 1.165) is 13.1 Å². The third-order valence-electron chi connectivity index (χ3n) is 3.94. The summed E-state index contributed by atoms with van der Waals surface area (Å²) in [5.41, 5.74) is 2.76. The highest BCUT2D eigenvalue weighted by atomic mass is 15.2. The normalized spacial score (nSPS) is 26.4. The molecule has 2 heteroatoms. The molecule has 0 radical (unpaired) electrons. The lowest BCUT2D eigenvalue weighted by Crippen LogP contribution is -2.53. The van der Waals surface area contributed by atoms with Crippen LogP contribution in [0.1, 0.15) is 31.0 Å². The molecule has 0 saturated carbocycles. The van der Waals surface area contributed by atoms with Gasteiger partial charge in [-0.05, 0) is 25.5 Å². The minimum Gasteiger partial charge on any atom is -0.313 e. The van der Waals surface area contributed by atoms with Gasteiger partial charge in [-0.1, -0.05) is 43.7 Å². The van der Waals surface area contributed by atoms with E-state index in [-0.39, 0.29) is 0 Å². The molecule has 1 fully saturated rings. The van der Waals surface area contributed by atoms with Crippen LogP contribution in [0.2, 0.25) is 0 Å². The van der Waals surface area contributed by atoms with E-state index in [9.17, 15) is 0 Å². The van der Waals surface area contributed by atoms with E-state index in [1.54, 1.807) is 0 Å². The van der Waals surface area contributed by atoms with Crippen LogP contribution in [0.15, 0.2) is 24.3 Å². The van der Waals surface area contributed by atoms with Crippen LogP contribution < -0.4 is 5.32 Å². The molecular weight excluding hydrogens is 208 g/mol. The SMILES string of the molecule is Cc1ccc(C2CNC[C@H](C(C)C)N2C)cc1. The highest BCUT2D eigenvalue weighted by Crippen LogP contribution is 2.26. The van der Waals surface area contributed by atoms with Gasteiger partial charge in [0.1, 0.15) is 0 Å². The maximum absolute atomic E-state index is 3.57. The van der Waals surface area contributed by atoms with Crippen LogP contribution in [-0.2, 0) is 0 Å². The first-order valence-electron chi connectivity index (χ1n) is 6.59. The molecule has 0 aliphatic carbocycles. The van der Waals surface area contributed by atoms with Crippen molar-refractivity contribution in [3.63, 3.8) is 0 Å². The Morgan fingerprint density at radius 2 is 1.82 bits per heavy atom. The predicted molar refractivity (Wildman–Crippen MR) is 73.2 cm³/mol. The molecule has 94 valence electrons. The van der Waals surface area contributed by atoms with Gasteiger partial charge in [0, 0.05) is 25.2 Å². The standard InChI is InChI=1S/C15H24N2/c1-11(2)14-9-16-10-15(17(14)4)13-7-5-12(3)6-8-13/h5-8,11,14-16H,9-10H2,1-4H3/t14-,15?/m1/s1. The fourth-order valence-corrected chi connectivity index (χ4v) is 2.73. The van der Waals surface area contributed by atoms with Gasteiger partial charge in [-0.15, -0.1) is 0 Å². The lowest BCUT2D eigenvalue weighted by Gasteiger charge is -2.42. The molecule has 0 bridgehead atoms. The van der Waals surface area contributed by atoms with E-state index in [1.807, 2.05) is 0 Å². The Morgan fingerprint density at radius 1 is 1.18 bits per heavy atom. The van der Waals surface area contributed by atoms with E-state index in [4.69, 9.17) is 0 Å². The molecule has 1 aromatic carbocycles. The van der Waals surface area contributed by atoms with Gasteiger partial charge in [0.2, 0.25) is 0 Å². The van der Waals surface area contributed by atoms with Crippen molar-refractivity contribution in [2.75, 3.05) is 20.1 Å². The second-order valence-electron chi connectivity index (χ2n) is 5.56. The van der Waals surface area contributed by atoms with Gasteiger partial charge in [0.15, 0.2) is 0 Å². The first kappa shape index (κ1) is 12.6. The van der Waals surface area contributed by atoms with Gasteiger partial charge in [-0.2, -0.15) is 0 Å². The molecule has 1 unspecified atom stereocenters. The zero-order valence-corrected chi connectivity index (χ0v) is 11.4. The van der Waals surface area contributed by atoms with E-state index in [2.05, 4.69) is 62.3 Å². The van der Waals surface area contributed by atoms with Crippen LogP contribution >= 0.6 is 0 Å². The second kappa shape index (κ2) is 5.19. The Hall–Kier alpha value is -0.860. The van der Waals surface area contributed by atoms with Gasteiger partial charge in [-0.3, -0.25) is 4.90 Å². The van der Waals surface area contributed by atoms with Crippen molar-refractivity contribution in [1.82, 2.24) is 10.2 Å². The van der Waals surface area contributed by atoms with Crippen molar-refractivity contribution in [3.05, 3.63) is 35.4 Å². The molecule has 2 rings (SSSR count). The summed E-state index contributed by atoms with van der Waals surface area (Å²) in [4.78, 5) is 2.53. The third-order valence-corrected chi connectivity index (χ3v) is 3.94. The first-order valence-corrected chi connectivity index (χ1v) is 6.59. The summed E-state index contributed by atoms with van der Waals surface area (Å²) in [5, 5.41) is 3.57. The molecule has 1 aliphatic heterocycles. The molecule has 1 aliphatic rings. The number of nitrogens with zero attached hydrogens (tertiary/aromatic N) is 1. The summed E-state index contributed by atoms with van der Waals surface area (Å²) in [7, 11) is 2.26. The van der Waals surface area contributed by atoms with Gasteiger partial charge in [0.05, 0.1) is 0 Å². The summed E-state index contributed by atoms with van der Waals surface area (Å²) in [6, 6.07) is 10.1. The molecule has 17 heavy (non-hydrogen) atoms. The van der Waals surface area contributed by atoms with E-state index in [0.29, 0.717) is 18.0 Å². The number of nitrogens with one attached hydrogen (secondary N) is 1. The molecule has 1 saturated heterocycles. The van der Waals surface area contributed by atoms with E-state index < -0.39 is 0 Å². The summed E-state index contributed by atoms with van der Waals surface area (Å²) in [6.45, 7) is 8.92. The number of likely N-dealkylation sites (N-methyl/N-ethyl adjacent to an activating group) is 1. The third kappa shape index (κ3) is 2.70. The molecule has 0 aromatic heterocycles. The molecular formula is C15H24N2. The van der Waals surface area contributed by atoms with Crippen molar-refractivity contribution in [3.8, 4) is 0 Å². The van der Waals surface area contributed by atoms with Crippen molar-refractivity contribution in [2.45, 2.75) is 32.9 Å². The lowest BCUT2D eigenvalue weighted by molar-refractivity contribution is 0.0978. The molecule has 2 nitrogen and oxygen atoms in total. The number of rotatable bonds is 2. The van der Waals surface area contributed by atoms with Crippen molar-refractivity contribution in [2.24, 2.45) is 5.92 Å². The second-order valence-corrected chi connectivity index (χ2v) is 5.56. The van der Waals surface area contributed by atoms with Crippen LogP contribution in [0, 0.1) is 12.8 Å². The topological polar surface area (TPSA) is 15.3 Å². The van der Waals surface area contributed by atoms with Crippen molar-refractivity contribution in [1.29, 1.82) is 0 Å². The number of benzene rings is 1. The predicted octanol–water partition coefficient (Wildman–Crippen LogP) is 2.60. The van der Waals surface area contributed by atoms with Gasteiger partial charge >= 0.3 is 0 Å². The maximum atomic E-state index is 3.57. The minimum absolute atomic E-state index is 0.511. The van der Waals surface area contributed by atoms with Crippen molar-refractivity contribution < 1.29 is 0 Å². The van der Waals surface area contributed by atoms with Crippen LogP contribution in [0.25, 0.3) is 0 Å². The summed E-state index contributed by atoms with van der Waals surface area (Å²) in [6.07, 6.45) is 0. The minimum atomic E-state index is 0.511. The average Bonchev–Trinajstić information content (AvgIpc) is 2.30. The number of aryl methyl sites for hydroxylation is 1. The zero-order chi connectivity index (χ0) is 12.4. The Labute approximate surface area is 105 Å². The molecule has 1 aromatic rings. The molecule has 0 spiro atoms. The zero-order valence-electron chi connectivity index (χ0n) is 11.4. The largest absolute Gasteiger partial charge is 0.313 e. The average molecular weight is 232 g/mol. The first-order chi connectivity index (χ1) is 8.09. The van der Waals surface area contributed by atoms with Gasteiger partial charge in [0.25, 0.3) is 0 Å². The molecule has 2 atom stereocenters. The fourth-order valence-electron chi connectivity index (χ4n) is 2.73. The lowest BCUT2D eigenvalue weighted by atomic mass is 9.94. The number of piperazine rings is 1. The molecule has 1 heterocycles. The van der Waals surface area contributed by atoms with E-state index >= 15 is 0 Å². The van der Waals surface area contributed by atoms with Gasteiger partial charge < -0.3 is 5.32 Å². The molecule has 0 amide bonds. The quantitative estimate of drug-likeness (QED) is 0.843. The fraction of sp³-hybridized carbons (Fsp3) is 0.600. The maximum Gasteiger partial charge on any atom is 0.0473 e.